The Bertz CT molecular complexity index is 1460. The predicted octanol–water partition coefficient (Wildman–Crippen LogP) is 8.71. The van der Waals surface area contributed by atoms with Crippen molar-refractivity contribution < 1.29 is 14.3 Å². The number of aryl methyl sites for hydroxylation is 2. The van der Waals surface area contributed by atoms with Crippen molar-refractivity contribution in [3.05, 3.63) is 155 Å². The molecule has 3 heteroatoms. The monoisotopic (exact) mass is 484 g/mol. The van der Waals surface area contributed by atoms with Crippen molar-refractivity contribution in [2.24, 2.45) is 0 Å². The van der Waals surface area contributed by atoms with Gasteiger partial charge in [-0.05, 0) is 92.1 Å². The molecule has 0 amide bonds. The summed E-state index contributed by atoms with van der Waals surface area (Å²) in [5, 5.41) is 0. The highest BCUT2D eigenvalue weighted by molar-refractivity contribution is 6.09. The Morgan fingerprint density at radius 3 is 1.16 bits per heavy atom. The zero-order valence-corrected chi connectivity index (χ0v) is 21.0. The van der Waals surface area contributed by atoms with E-state index in [1.165, 1.54) is 16.7 Å². The Hall–Kier alpha value is -4.63. The Morgan fingerprint density at radius 1 is 0.459 bits per heavy atom. The lowest BCUT2D eigenvalue weighted by molar-refractivity contribution is 0.103. The molecule has 0 aromatic heterocycles. The maximum absolute atomic E-state index is 12.7. The number of rotatable bonds is 8. The maximum atomic E-state index is 12.7. The number of ether oxygens (including phenoxy) is 2. The van der Waals surface area contributed by atoms with Crippen molar-refractivity contribution in [3.63, 3.8) is 0 Å². The molecule has 0 saturated carbocycles. The van der Waals surface area contributed by atoms with Crippen LogP contribution in [0.2, 0.25) is 0 Å². The van der Waals surface area contributed by atoms with Crippen LogP contribution in [0.5, 0.6) is 23.0 Å². The summed E-state index contributed by atoms with van der Waals surface area (Å²) in [6, 6.07) is 39.2. The molecule has 0 spiro atoms. The molecule has 3 nitrogen and oxygen atoms in total. The van der Waals surface area contributed by atoms with Crippen LogP contribution in [0.15, 0.2) is 121 Å². The van der Waals surface area contributed by atoms with E-state index in [4.69, 9.17) is 9.47 Å². The van der Waals surface area contributed by atoms with Gasteiger partial charge >= 0.3 is 0 Å². The van der Waals surface area contributed by atoms with E-state index in [9.17, 15) is 4.79 Å². The van der Waals surface area contributed by atoms with Crippen molar-refractivity contribution in [2.75, 3.05) is 0 Å². The summed E-state index contributed by atoms with van der Waals surface area (Å²) in [7, 11) is 0. The minimum atomic E-state index is 0.00523. The second-order valence-corrected chi connectivity index (χ2v) is 9.20. The van der Waals surface area contributed by atoms with E-state index in [2.05, 4.69) is 31.2 Å². The highest BCUT2D eigenvalue weighted by Crippen LogP contribution is 2.25. The lowest BCUT2D eigenvalue weighted by Crippen LogP contribution is -2.00. The quantitative estimate of drug-likeness (QED) is 0.207. The van der Waals surface area contributed by atoms with Gasteiger partial charge in [-0.3, -0.25) is 4.79 Å². The smallest absolute Gasteiger partial charge is 0.193 e. The summed E-state index contributed by atoms with van der Waals surface area (Å²) in [6.07, 6.45) is 0.820. The summed E-state index contributed by atoms with van der Waals surface area (Å²) in [5.41, 5.74) is 6.07. The largest absolute Gasteiger partial charge is 0.457 e. The number of carbonyl (C=O) groups is 1. The summed E-state index contributed by atoms with van der Waals surface area (Å²) >= 11 is 0. The topological polar surface area (TPSA) is 35.5 Å². The van der Waals surface area contributed by atoms with Gasteiger partial charge in [-0.2, -0.15) is 0 Å². The summed E-state index contributed by atoms with van der Waals surface area (Å²) in [6.45, 7) is 4.07. The Kier molecular flexibility index (Phi) is 7.14. The van der Waals surface area contributed by atoms with Gasteiger partial charge in [0.25, 0.3) is 0 Å². The van der Waals surface area contributed by atoms with Crippen LogP contribution in [0.25, 0.3) is 0 Å². The van der Waals surface area contributed by atoms with Crippen LogP contribution < -0.4 is 9.47 Å². The molecule has 5 aromatic rings. The van der Waals surface area contributed by atoms with E-state index in [1.54, 1.807) is 12.1 Å². The number of ketones is 1. The number of hydrogen-bond acceptors (Lipinski definition) is 3. The fourth-order valence-electron chi connectivity index (χ4n) is 4.01. The molecule has 0 saturated heterocycles. The molecule has 0 N–H and O–H groups in total. The van der Waals surface area contributed by atoms with Crippen molar-refractivity contribution in [2.45, 2.75) is 20.3 Å². The molecule has 0 aliphatic heterocycles. The Balaban J connectivity index is 1.16. The summed E-state index contributed by atoms with van der Waals surface area (Å²) in [4.78, 5) is 12.7. The minimum Gasteiger partial charge on any atom is -0.457 e. The third kappa shape index (κ3) is 6.33. The number of benzene rings is 5. The molecule has 0 atom stereocenters. The van der Waals surface area contributed by atoms with Gasteiger partial charge in [0, 0.05) is 11.1 Å². The molecule has 0 fully saturated rings. The van der Waals surface area contributed by atoms with Crippen LogP contribution >= 0.6 is 0 Å². The zero-order chi connectivity index (χ0) is 25.6. The molecule has 5 aromatic carbocycles. The lowest BCUT2D eigenvalue weighted by Gasteiger charge is -2.09. The molecule has 0 unspecified atom stereocenters. The molecular formula is C34H28O3. The third-order valence-corrected chi connectivity index (χ3v) is 6.18. The Morgan fingerprint density at radius 2 is 0.757 bits per heavy atom. The molecular weight excluding hydrogens is 456 g/mol. The fourth-order valence-corrected chi connectivity index (χ4v) is 4.01. The van der Waals surface area contributed by atoms with Crippen molar-refractivity contribution in [1.82, 2.24) is 0 Å². The molecule has 5 rings (SSSR count). The van der Waals surface area contributed by atoms with E-state index in [0.717, 1.165) is 29.2 Å². The van der Waals surface area contributed by atoms with Crippen molar-refractivity contribution in [3.8, 4) is 23.0 Å². The summed E-state index contributed by atoms with van der Waals surface area (Å²) < 4.78 is 11.9. The van der Waals surface area contributed by atoms with Crippen LogP contribution in [0.3, 0.4) is 0 Å². The maximum Gasteiger partial charge on any atom is 0.193 e. The van der Waals surface area contributed by atoms with Gasteiger partial charge in [0.2, 0.25) is 0 Å². The highest BCUT2D eigenvalue weighted by Gasteiger charge is 2.09. The molecule has 0 aliphatic rings. The van der Waals surface area contributed by atoms with Gasteiger partial charge in [0.15, 0.2) is 5.78 Å². The first-order valence-corrected chi connectivity index (χ1v) is 12.3. The first-order valence-electron chi connectivity index (χ1n) is 12.3. The predicted molar refractivity (Wildman–Crippen MR) is 148 cm³/mol. The Labute approximate surface area is 218 Å². The van der Waals surface area contributed by atoms with Gasteiger partial charge in [-0.15, -0.1) is 0 Å². The molecule has 182 valence electrons. The molecule has 0 heterocycles. The van der Waals surface area contributed by atoms with Crippen molar-refractivity contribution >= 4 is 5.78 Å². The molecule has 0 aliphatic carbocycles. The fraction of sp³-hybridized carbons (Fsp3) is 0.0882. The van der Waals surface area contributed by atoms with Gasteiger partial charge in [0.05, 0.1) is 0 Å². The highest BCUT2D eigenvalue weighted by atomic mass is 16.5. The standard InChI is InChI=1S/C34H28O3/c1-24-3-11-28(12-4-24)34(35)29-13-21-33(22-14-29)37-32-19-9-27(10-20-32)23-26-7-17-31(18-8-26)36-30-15-5-25(2)6-16-30/h3-22H,23H2,1-2H3. The molecule has 0 bridgehead atoms. The van der Waals surface area contributed by atoms with Crippen LogP contribution in [0, 0.1) is 13.8 Å². The normalized spacial score (nSPS) is 10.6. The van der Waals surface area contributed by atoms with Crippen LogP contribution in [-0.2, 0) is 6.42 Å². The van der Waals surface area contributed by atoms with E-state index in [-0.39, 0.29) is 5.78 Å². The minimum absolute atomic E-state index is 0.00523. The van der Waals surface area contributed by atoms with E-state index in [1.807, 2.05) is 91.9 Å². The van der Waals surface area contributed by atoms with E-state index in [0.29, 0.717) is 16.9 Å². The number of hydrogen-bond donors (Lipinski definition) is 0. The van der Waals surface area contributed by atoms with Gasteiger partial charge in [0.1, 0.15) is 23.0 Å². The molecule has 0 radical (unpaired) electrons. The first kappa shape index (κ1) is 24.1. The van der Waals surface area contributed by atoms with Gasteiger partial charge in [-0.1, -0.05) is 71.8 Å². The van der Waals surface area contributed by atoms with Crippen LogP contribution in [-0.4, -0.2) is 5.78 Å². The second-order valence-electron chi connectivity index (χ2n) is 9.20. The number of carbonyl (C=O) groups excluding carboxylic acids is 1. The lowest BCUT2D eigenvalue weighted by atomic mass is 10.0. The average molecular weight is 485 g/mol. The summed E-state index contributed by atoms with van der Waals surface area (Å²) in [5.74, 6) is 3.11. The molecule has 37 heavy (non-hydrogen) atoms. The first-order chi connectivity index (χ1) is 18.0. The zero-order valence-electron chi connectivity index (χ0n) is 21.0. The van der Waals surface area contributed by atoms with Crippen LogP contribution in [0.4, 0.5) is 0 Å². The van der Waals surface area contributed by atoms with Gasteiger partial charge < -0.3 is 9.47 Å². The second kappa shape index (κ2) is 11.0. The van der Waals surface area contributed by atoms with Crippen LogP contribution in [0.1, 0.15) is 38.2 Å². The van der Waals surface area contributed by atoms with E-state index >= 15 is 0 Å². The van der Waals surface area contributed by atoms with Gasteiger partial charge in [-0.25, -0.2) is 0 Å². The van der Waals surface area contributed by atoms with E-state index < -0.39 is 0 Å². The third-order valence-electron chi connectivity index (χ3n) is 6.18. The average Bonchev–Trinajstić information content (AvgIpc) is 2.93. The SMILES string of the molecule is Cc1ccc(Oc2ccc(Cc3ccc(Oc4ccc(C(=O)c5ccc(C)cc5)cc4)cc3)cc2)cc1. The van der Waals surface area contributed by atoms with Crippen molar-refractivity contribution in [1.29, 1.82) is 0 Å².